The van der Waals surface area contributed by atoms with Gasteiger partial charge in [0.05, 0.1) is 6.04 Å². The Morgan fingerprint density at radius 3 is 2.10 bits per heavy atom. The number of ether oxygens (including phenoxy) is 1. The van der Waals surface area contributed by atoms with Gasteiger partial charge in [-0.1, -0.05) is 72.8 Å². The summed E-state index contributed by atoms with van der Waals surface area (Å²) in [5.41, 5.74) is -1.69. The summed E-state index contributed by atoms with van der Waals surface area (Å²) in [7, 11) is 0. The van der Waals surface area contributed by atoms with Crippen LogP contribution in [-0.4, -0.2) is 83.3 Å². The van der Waals surface area contributed by atoms with Gasteiger partial charge in [0.2, 0.25) is 23.5 Å². The topological polar surface area (TPSA) is 163 Å². The summed E-state index contributed by atoms with van der Waals surface area (Å²) in [4.78, 5) is 82.9. The molecule has 12 nitrogen and oxygen atoms in total. The van der Waals surface area contributed by atoms with Gasteiger partial charge in [-0.25, -0.2) is 4.79 Å². The van der Waals surface area contributed by atoms with Crippen molar-refractivity contribution in [2.75, 3.05) is 13.1 Å². The molecule has 0 aromatic carbocycles. The molecule has 49 heavy (non-hydrogen) atoms. The maximum Gasteiger partial charge on any atom is 0.408 e. The lowest BCUT2D eigenvalue weighted by atomic mass is 9.82. The van der Waals surface area contributed by atoms with E-state index < -0.39 is 70.7 Å². The zero-order valence-electron chi connectivity index (χ0n) is 30.8. The normalized spacial score (nSPS) is 25.1. The van der Waals surface area contributed by atoms with Crippen molar-refractivity contribution in [1.82, 2.24) is 26.2 Å². The number of rotatable bonds is 13. The Kier molecular flexibility index (Phi) is 11.6. The molecule has 3 aliphatic carbocycles. The number of ketones is 1. The van der Waals surface area contributed by atoms with Crippen molar-refractivity contribution in [1.29, 1.82) is 0 Å². The summed E-state index contributed by atoms with van der Waals surface area (Å²) in [6.07, 6.45) is 7.47. The molecule has 0 aromatic rings. The van der Waals surface area contributed by atoms with E-state index >= 15 is 0 Å². The van der Waals surface area contributed by atoms with Gasteiger partial charge in [-0.15, -0.1) is 6.58 Å². The molecule has 5 amide bonds. The van der Waals surface area contributed by atoms with E-state index in [1.807, 2.05) is 20.8 Å². The number of carbonyl (C=O) groups is 6. The first-order chi connectivity index (χ1) is 22.8. The summed E-state index contributed by atoms with van der Waals surface area (Å²) in [6.45, 7) is 19.0. The van der Waals surface area contributed by atoms with E-state index in [0.717, 1.165) is 44.9 Å². The molecule has 1 heterocycles. The van der Waals surface area contributed by atoms with Crippen LogP contribution in [0.2, 0.25) is 0 Å². The van der Waals surface area contributed by atoms with Gasteiger partial charge >= 0.3 is 6.09 Å². The van der Waals surface area contributed by atoms with Crippen molar-refractivity contribution in [3.63, 3.8) is 0 Å². The van der Waals surface area contributed by atoms with Crippen molar-refractivity contribution < 1.29 is 33.5 Å². The van der Waals surface area contributed by atoms with Crippen molar-refractivity contribution in [3.05, 3.63) is 12.7 Å². The van der Waals surface area contributed by atoms with Crippen molar-refractivity contribution in [3.8, 4) is 0 Å². The Morgan fingerprint density at radius 2 is 1.55 bits per heavy atom. The van der Waals surface area contributed by atoms with E-state index in [1.54, 1.807) is 25.7 Å². The second kappa shape index (κ2) is 14.8. The minimum atomic E-state index is -1.00. The highest BCUT2D eigenvalue weighted by atomic mass is 16.6. The van der Waals surface area contributed by atoms with Gasteiger partial charge in [0, 0.05) is 13.1 Å². The quantitative estimate of drug-likeness (QED) is 0.170. The smallest absolute Gasteiger partial charge is 0.408 e. The molecule has 0 aromatic heterocycles. The number of carbonyl (C=O) groups excluding carboxylic acids is 6. The average Bonchev–Trinajstić information content (AvgIpc) is 3.86. The van der Waals surface area contributed by atoms with Gasteiger partial charge in [-0.05, 0) is 74.5 Å². The van der Waals surface area contributed by atoms with E-state index in [9.17, 15) is 28.8 Å². The molecule has 274 valence electrons. The summed E-state index contributed by atoms with van der Waals surface area (Å²) in [6, 6.07) is -3.76. The third kappa shape index (κ3) is 9.42. The minimum absolute atomic E-state index is 0.0702. The van der Waals surface area contributed by atoms with Gasteiger partial charge < -0.3 is 30.9 Å². The van der Waals surface area contributed by atoms with Gasteiger partial charge in [0.1, 0.15) is 23.7 Å². The van der Waals surface area contributed by atoms with Crippen LogP contribution < -0.4 is 21.3 Å². The van der Waals surface area contributed by atoms with Crippen LogP contribution in [0.1, 0.15) is 107 Å². The van der Waals surface area contributed by atoms with Crippen LogP contribution in [0.25, 0.3) is 0 Å². The second-order valence-corrected chi connectivity index (χ2v) is 17.3. The molecule has 4 aliphatic rings. The van der Waals surface area contributed by atoms with Crippen LogP contribution in [0.3, 0.4) is 0 Å². The van der Waals surface area contributed by atoms with Crippen molar-refractivity contribution in [2.45, 2.75) is 137 Å². The summed E-state index contributed by atoms with van der Waals surface area (Å²) < 4.78 is 5.49. The van der Waals surface area contributed by atoms with Crippen molar-refractivity contribution >= 4 is 35.5 Å². The minimum Gasteiger partial charge on any atom is -0.444 e. The fourth-order valence-electron chi connectivity index (χ4n) is 7.74. The number of amides is 5. The Balaban J connectivity index is 1.56. The molecule has 1 unspecified atom stereocenters. The molecule has 1 aliphatic heterocycles. The number of nitrogens with one attached hydrogen (secondary N) is 4. The van der Waals surface area contributed by atoms with Crippen LogP contribution in [0, 0.1) is 34.5 Å². The number of fused-ring (bicyclic) bond motifs is 1. The Bertz CT molecular complexity index is 1300. The molecule has 0 spiro atoms. The Morgan fingerprint density at radius 1 is 0.918 bits per heavy atom. The Hall–Kier alpha value is -3.44. The first-order valence-corrected chi connectivity index (χ1v) is 18.1. The van der Waals surface area contributed by atoms with Crippen LogP contribution in [-0.2, 0) is 28.7 Å². The third-order valence-electron chi connectivity index (χ3n) is 10.8. The standard InChI is InChI=1S/C37H59N5O7/c1-10-18-38-32(46)28(43)24(19-21-16-17-21)39-31(45)27-25-23(37(25,8)9)20-42(27)33(47)29(35(2,3)4)41-30(44)26(22-14-12-11-13-15-22)40-34(48)49-36(5,6)7/h10,21-27,29H,1,11-20H2,2-9H3,(H,38,46)(H,39,45)(H,40,48)(H,41,44)/t23-,24?,25-,26-,27-,29+/m0/s1. The van der Waals surface area contributed by atoms with E-state index in [1.165, 1.54) is 6.08 Å². The molecular formula is C37H59N5O7. The van der Waals surface area contributed by atoms with Crippen LogP contribution in [0.5, 0.6) is 0 Å². The van der Waals surface area contributed by atoms with Gasteiger partial charge in [-0.2, -0.15) is 0 Å². The lowest BCUT2D eigenvalue weighted by Crippen LogP contribution is -2.63. The highest BCUT2D eigenvalue weighted by Gasteiger charge is 2.70. The summed E-state index contributed by atoms with van der Waals surface area (Å²) >= 11 is 0. The molecule has 12 heteroatoms. The number of likely N-dealkylation sites (tertiary alicyclic amines) is 1. The fourth-order valence-corrected chi connectivity index (χ4v) is 7.74. The number of nitrogens with zero attached hydrogens (tertiary/aromatic N) is 1. The zero-order chi connectivity index (χ0) is 36.5. The predicted octanol–water partition coefficient (Wildman–Crippen LogP) is 3.63. The maximum absolute atomic E-state index is 14.5. The monoisotopic (exact) mass is 685 g/mol. The largest absolute Gasteiger partial charge is 0.444 e. The number of alkyl carbamates (subject to hydrolysis) is 1. The molecule has 4 rings (SSSR count). The number of piperidine rings is 1. The van der Waals surface area contributed by atoms with Crippen LogP contribution in [0.4, 0.5) is 4.79 Å². The molecular weight excluding hydrogens is 626 g/mol. The average molecular weight is 686 g/mol. The molecule has 4 fully saturated rings. The molecule has 4 N–H and O–H groups in total. The van der Waals surface area contributed by atoms with E-state index in [4.69, 9.17) is 4.74 Å². The molecule has 6 atom stereocenters. The Labute approximate surface area is 291 Å². The zero-order valence-corrected chi connectivity index (χ0v) is 30.8. The first-order valence-electron chi connectivity index (χ1n) is 18.1. The third-order valence-corrected chi connectivity index (χ3v) is 10.8. The SMILES string of the molecule is C=CCNC(=O)C(=O)C(CC1CC1)NC(=O)[C@@H]1[C@@H]2[C@H](CN1C(=O)[C@@H](NC(=O)[C@@H](NC(=O)OC(C)(C)C)C1CCCCC1)C(C)(C)C)C2(C)C. The highest BCUT2D eigenvalue weighted by molar-refractivity contribution is 6.38. The summed E-state index contributed by atoms with van der Waals surface area (Å²) in [5, 5.41) is 11.2. The number of Topliss-reactive ketones (excluding diaryl/α,β-unsaturated/α-hetero) is 1. The molecule has 3 saturated carbocycles. The molecule has 0 bridgehead atoms. The fraction of sp³-hybridized carbons (Fsp3) is 0.784. The lowest BCUT2D eigenvalue weighted by molar-refractivity contribution is -0.147. The van der Waals surface area contributed by atoms with E-state index in [-0.39, 0.29) is 35.6 Å². The van der Waals surface area contributed by atoms with E-state index in [0.29, 0.717) is 13.0 Å². The predicted molar refractivity (Wildman–Crippen MR) is 185 cm³/mol. The maximum atomic E-state index is 14.5. The van der Waals surface area contributed by atoms with Crippen LogP contribution >= 0.6 is 0 Å². The lowest BCUT2D eigenvalue weighted by Gasteiger charge is -2.39. The van der Waals surface area contributed by atoms with Crippen molar-refractivity contribution in [2.24, 2.45) is 34.5 Å². The summed E-state index contributed by atoms with van der Waals surface area (Å²) in [5.74, 6) is -2.74. The van der Waals surface area contributed by atoms with Gasteiger partial charge in [0.15, 0.2) is 0 Å². The molecule has 0 radical (unpaired) electrons. The van der Waals surface area contributed by atoms with Gasteiger partial charge in [-0.3, -0.25) is 24.0 Å². The highest BCUT2D eigenvalue weighted by Crippen LogP contribution is 2.65. The first kappa shape index (κ1) is 38.4. The van der Waals surface area contributed by atoms with E-state index in [2.05, 4.69) is 41.7 Å². The second-order valence-electron chi connectivity index (χ2n) is 17.3. The number of hydrogen-bond donors (Lipinski definition) is 4. The molecule has 1 saturated heterocycles. The number of hydrogen-bond acceptors (Lipinski definition) is 7. The van der Waals surface area contributed by atoms with Crippen LogP contribution in [0.15, 0.2) is 12.7 Å². The van der Waals surface area contributed by atoms with Gasteiger partial charge in [0.25, 0.3) is 5.91 Å².